The number of nitrogens with zero attached hydrogens (tertiary/aromatic N) is 1. The molecule has 0 atom stereocenters. The van der Waals surface area contributed by atoms with Crippen LogP contribution in [0.15, 0.2) is 36.4 Å². The maximum atomic E-state index is 10.1. The minimum atomic E-state index is -0.654. The van der Waals surface area contributed by atoms with Gasteiger partial charge < -0.3 is 20.4 Å². The van der Waals surface area contributed by atoms with E-state index in [2.05, 4.69) is 0 Å². The Bertz CT molecular complexity index is 632. The minimum absolute atomic E-state index is 0. The van der Waals surface area contributed by atoms with Gasteiger partial charge >= 0.3 is 0 Å². The van der Waals surface area contributed by atoms with Crippen LogP contribution in [0.25, 0.3) is 0 Å². The number of hydrogen-bond donors (Lipinski definition) is 4. The number of non-ortho nitro benzene ring substituents is 1. The van der Waals surface area contributed by atoms with E-state index in [1.165, 1.54) is 12.1 Å². The number of nitro benzene ring substituents is 1. The number of hydrogen-bond acceptors (Lipinski definition) is 6. The van der Waals surface area contributed by atoms with Crippen LogP contribution in [0.3, 0.4) is 0 Å². The van der Waals surface area contributed by atoms with Crippen LogP contribution >= 0.6 is 0 Å². The third-order valence-corrected chi connectivity index (χ3v) is 2.30. The molecule has 0 aliphatic carbocycles. The van der Waals surface area contributed by atoms with Crippen LogP contribution < -0.4 is 0 Å². The number of benzene rings is 2. The molecule has 8 heteroatoms. The average molecular weight is 370 g/mol. The van der Waals surface area contributed by atoms with Gasteiger partial charge in [0.2, 0.25) is 0 Å². The standard InChI is InChI=1S/C7H8O2.C6H5NO4.Zr/c1-5-2-3-6(8)7(9)4-5;8-5-2-1-4(7(10)11)3-6(5)9;/h2-4,8-9H,1H3;1-3,8-9H;. The van der Waals surface area contributed by atoms with E-state index in [-0.39, 0.29) is 49.1 Å². The summed E-state index contributed by atoms with van der Waals surface area (Å²) in [6, 6.07) is 7.76. The maximum absolute atomic E-state index is 10.1. The quantitative estimate of drug-likeness (QED) is 0.347. The normalized spacial score (nSPS) is 9.00. The molecule has 110 valence electrons. The van der Waals surface area contributed by atoms with Gasteiger partial charge in [-0.05, 0) is 30.7 Å². The third kappa shape index (κ3) is 5.83. The molecule has 0 fully saturated rings. The van der Waals surface area contributed by atoms with Crippen LogP contribution in [0, 0.1) is 17.0 Å². The topological polar surface area (TPSA) is 124 Å². The molecule has 0 saturated carbocycles. The number of phenolic OH excluding ortho intramolecular Hbond substituents is 4. The van der Waals surface area contributed by atoms with Crippen molar-refractivity contribution < 1.29 is 51.6 Å². The van der Waals surface area contributed by atoms with E-state index in [0.29, 0.717) is 0 Å². The fourth-order valence-electron chi connectivity index (χ4n) is 1.26. The smallest absolute Gasteiger partial charge is 0.273 e. The second-order valence-electron chi connectivity index (χ2n) is 3.92. The summed E-state index contributed by atoms with van der Waals surface area (Å²) in [5, 5.41) is 45.3. The molecule has 0 bridgehead atoms. The van der Waals surface area contributed by atoms with Gasteiger partial charge in [-0.2, -0.15) is 0 Å². The number of nitro groups is 1. The predicted molar refractivity (Wildman–Crippen MR) is 70.9 cm³/mol. The van der Waals surface area contributed by atoms with Gasteiger partial charge in [-0.3, -0.25) is 10.1 Å². The van der Waals surface area contributed by atoms with E-state index in [1.807, 2.05) is 6.92 Å². The summed E-state index contributed by atoms with van der Waals surface area (Å²) in [6.45, 7) is 1.85. The number of phenols is 4. The van der Waals surface area contributed by atoms with Gasteiger partial charge in [0.25, 0.3) is 5.69 Å². The molecule has 2 rings (SSSR count). The van der Waals surface area contributed by atoms with Crippen molar-refractivity contribution >= 4 is 5.69 Å². The summed E-state index contributed by atoms with van der Waals surface area (Å²) in [6.07, 6.45) is 0. The first-order valence-corrected chi connectivity index (χ1v) is 5.46. The van der Waals surface area contributed by atoms with Crippen molar-refractivity contribution in [2.45, 2.75) is 6.92 Å². The van der Waals surface area contributed by atoms with E-state index in [4.69, 9.17) is 20.4 Å². The summed E-state index contributed by atoms with van der Waals surface area (Å²) in [5.74, 6) is -0.981. The van der Waals surface area contributed by atoms with Crippen LogP contribution in [0.5, 0.6) is 23.0 Å². The number of aromatic hydroxyl groups is 4. The second kappa shape index (κ2) is 8.26. The molecule has 0 aliphatic heterocycles. The van der Waals surface area contributed by atoms with Crippen molar-refractivity contribution in [2.24, 2.45) is 0 Å². The van der Waals surface area contributed by atoms with Crippen molar-refractivity contribution in [1.82, 2.24) is 0 Å². The van der Waals surface area contributed by atoms with Crippen molar-refractivity contribution in [3.63, 3.8) is 0 Å². The first kappa shape index (κ1) is 18.9. The Kier molecular flexibility index (Phi) is 7.45. The van der Waals surface area contributed by atoms with E-state index < -0.39 is 10.7 Å². The molecule has 7 nitrogen and oxygen atoms in total. The van der Waals surface area contributed by atoms with Crippen LogP contribution in [0.4, 0.5) is 5.69 Å². The largest absolute Gasteiger partial charge is 0.504 e. The van der Waals surface area contributed by atoms with Gasteiger partial charge in [-0.25, -0.2) is 0 Å². The van der Waals surface area contributed by atoms with E-state index in [1.54, 1.807) is 6.07 Å². The third-order valence-electron chi connectivity index (χ3n) is 2.30. The number of rotatable bonds is 1. The number of aryl methyl sites for hydroxylation is 1. The van der Waals surface area contributed by atoms with E-state index in [0.717, 1.165) is 23.8 Å². The van der Waals surface area contributed by atoms with Crippen molar-refractivity contribution in [2.75, 3.05) is 0 Å². The van der Waals surface area contributed by atoms with Gasteiger partial charge in [0.1, 0.15) is 0 Å². The van der Waals surface area contributed by atoms with Crippen molar-refractivity contribution in [1.29, 1.82) is 0 Å². The molecule has 0 saturated heterocycles. The van der Waals surface area contributed by atoms with Gasteiger partial charge in [-0.1, -0.05) is 6.07 Å². The Balaban J connectivity index is 0.000000370. The average Bonchev–Trinajstić information content (AvgIpc) is 2.38. The summed E-state index contributed by atoms with van der Waals surface area (Å²) in [5.41, 5.74) is 0.686. The molecule has 2 aromatic rings. The summed E-state index contributed by atoms with van der Waals surface area (Å²) in [4.78, 5) is 9.42. The van der Waals surface area contributed by atoms with Gasteiger partial charge in [0.05, 0.1) is 11.0 Å². The van der Waals surface area contributed by atoms with Gasteiger partial charge in [0, 0.05) is 32.3 Å². The fourth-order valence-corrected chi connectivity index (χ4v) is 1.26. The van der Waals surface area contributed by atoms with Crippen LogP contribution in [-0.2, 0) is 26.2 Å². The molecule has 0 unspecified atom stereocenters. The Morgan fingerprint density at radius 2 is 1.33 bits per heavy atom. The maximum Gasteiger partial charge on any atom is 0.273 e. The molecular weight excluding hydrogens is 357 g/mol. The summed E-state index contributed by atoms with van der Waals surface area (Å²) in [7, 11) is 0. The molecule has 0 radical (unpaired) electrons. The van der Waals surface area contributed by atoms with Crippen molar-refractivity contribution in [3.05, 3.63) is 52.1 Å². The molecule has 0 aliphatic rings. The second-order valence-corrected chi connectivity index (χ2v) is 3.92. The van der Waals surface area contributed by atoms with Gasteiger partial charge in [-0.15, -0.1) is 0 Å². The summed E-state index contributed by atoms with van der Waals surface area (Å²) >= 11 is 0. The Morgan fingerprint density at radius 1 is 0.857 bits per heavy atom. The summed E-state index contributed by atoms with van der Waals surface area (Å²) < 4.78 is 0. The molecular formula is C13H13NO6Zr. The van der Waals surface area contributed by atoms with Crippen molar-refractivity contribution in [3.8, 4) is 23.0 Å². The molecule has 0 heterocycles. The molecule has 2 aromatic carbocycles. The van der Waals surface area contributed by atoms with Crippen LogP contribution in [-0.4, -0.2) is 25.3 Å². The minimum Gasteiger partial charge on any atom is -0.504 e. The molecule has 4 N–H and O–H groups in total. The Morgan fingerprint density at radius 3 is 1.71 bits per heavy atom. The zero-order valence-corrected chi connectivity index (χ0v) is 13.5. The monoisotopic (exact) mass is 369 g/mol. The molecule has 0 aromatic heterocycles. The Labute approximate surface area is 139 Å². The van der Waals surface area contributed by atoms with Crippen LogP contribution in [0.1, 0.15) is 5.56 Å². The first-order chi connectivity index (χ1) is 9.31. The zero-order chi connectivity index (χ0) is 15.3. The van der Waals surface area contributed by atoms with E-state index in [9.17, 15) is 10.1 Å². The van der Waals surface area contributed by atoms with Gasteiger partial charge in [0.15, 0.2) is 23.0 Å². The predicted octanol–water partition coefficient (Wildman–Crippen LogP) is 2.41. The molecule has 0 amide bonds. The molecule has 0 spiro atoms. The van der Waals surface area contributed by atoms with E-state index >= 15 is 0 Å². The Hall–Kier alpha value is -2.08. The fraction of sp³-hybridized carbons (Fsp3) is 0.0769. The SMILES string of the molecule is Cc1ccc(O)c(O)c1.O=[N+]([O-])c1ccc(O)c(O)c1.[Zr]. The molecule has 21 heavy (non-hydrogen) atoms. The first-order valence-electron chi connectivity index (χ1n) is 5.46. The zero-order valence-electron chi connectivity index (χ0n) is 11.0. The van der Waals surface area contributed by atoms with Crippen LogP contribution in [0.2, 0.25) is 0 Å².